The second-order valence-corrected chi connectivity index (χ2v) is 16.8. The zero-order valence-corrected chi connectivity index (χ0v) is 33.6. The third-order valence-electron chi connectivity index (χ3n) is 12.3. The Labute approximate surface area is 354 Å². The van der Waals surface area contributed by atoms with Crippen LogP contribution in [0.25, 0.3) is 120 Å². The van der Waals surface area contributed by atoms with Crippen LogP contribution in [0.15, 0.2) is 206 Å². The smallest absolute Gasteiger partial charge is 0.235 e. The molecular formula is C56H34N4S. The highest BCUT2D eigenvalue weighted by Crippen LogP contribution is 2.43. The molecule has 0 saturated carbocycles. The molecule has 0 aliphatic heterocycles. The van der Waals surface area contributed by atoms with Gasteiger partial charge in [0, 0.05) is 47.8 Å². The highest BCUT2D eigenvalue weighted by atomic mass is 32.1. The molecule has 9 aromatic carbocycles. The van der Waals surface area contributed by atoms with Crippen LogP contribution in [0.2, 0.25) is 0 Å². The second kappa shape index (κ2) is 13.3. The predicted octanol–water partition coefficient (Wildman–Crippen LogP) is 15.2. The zero-order valence-electron chi connectivity index (χ0n) is 32.8. The molecule has 0 amide bonds. The van der Waals surface area contributed by atoms with Gasteiger partial charge in [0.1, 0.15) is 0 Å². The number of benzene rings is 9. The van der Waals surface area contributed by atoms with Gasteiger partial charge in [-0.25, -0.2) is 9.97 Å². The molecule has 0 spiro atoms. The lowest BCUT2D eigenvalue weighted by Crippen LogP contribution is -2.03. The van der Waals surface area contributed by atoms with Gasteiger partial charge in [0.2, 0.25) is 5.95 Å². The molecule has 0 atom stereocenters. The van der Waals surface area contributed by atoms with E-state index in [1.165, 1.54) is 64.1 Å². The zero-order chi connectivity index (χ0) is 40.0. The van der Waals surface area contributed by atoms with Crippen LogP contribution < -0.4 is 0 Å². The standard InChI is InChI=1S/C56H34N4S/c1-4-14-35(15-5-1)52-34-41-24-27-47-53(55(41)61-52)54(36-16-6-2-7-17-36)58-56(57-47)60-50-29-26-40(32-45(50)46-30-37-18-10-11-19-38(37)33-51(46)60)39-25-28-49-44(31-39)43-22-12-13-23-48(43)59(49)42-20-8-3-9-21-42/h1-34H. The van der Waals surface area contributed by atoms with Gasteiger partial charge in [-0.05, 0) is 99.6 Å². The molecule has 61 heavy (non-hydrogen) atoms. The van der Waals surface area contributed by atoms with Crippen LogP contribution in [-0.2, 0) is 0 Å². The highest BCUT2D eigenvalue weighted by Gasteiger charge is 2.21. The fraction of sp³-hybridized carbons (Fsp3) is 0. The van der Waals surface area contributed by atoms with E-state index in [9.17, 15) is 0 Å². The maximum Gasteiger partial charge on any atom is 0.235 e. The van der Waals surface area contributed by atoms with Gasteiger partial charge in [-0.15, -0.1) is 11.3 Å². The largest absolute Gasteiger partial charge is 0.309 e. The Hall–Kier alpha value is -7.86. The molecule has 0 saturated heterocycles. The van der Waals surface area contributed by atoms with E-state index in [2.05, 4.69) is 215 Å². The van der Waals surface area contributed by atoms with Crippen molar-refractivity contribution in [2.45, 2.75) is 0 Å². The lowest BCUT2D eigenvalue weighted by Gasteiger charge is -2.13. The molecule has 0 unspecified atom stereocenters. The number of rotatable bonds is 5. The van der Waals surface area contributed by atoms with Crippen LogP contribution >= 0.6 is 11.3 Å². The van der Waals surface area contributed by atoms with Gasteiger partial charge in [-0.3, -0.25) is 4.57 Å². The summed E-state index contributed by atoms with van der Waals surface area (Å²) < 4.78 is 5.84. The van der Waals surface area contributed by atoms with Gasteiger partial charge in [-0.2, -0.15) is 0 Å². The summed E-state index contributed by atoms with van der Waals surface area (Å²) in [6.07, 6.45) is 0. The number of aromatic nitrogens is 4. The minimum atomic E-state index is 0.656. The first kappa shape index (κ1) is 34.0. The molecule has 4 aromatic heterocycles. The van der Waals surface area contributed by atoms with E-state index in [-0.39, 0.29) is 0 Å². The van der Waals surface area contributed by atoms with Gasteiger partial charge in [-0.1, -0.05) is 140 Å². The molecule has 5 heteroatoms. The maximum absolute atomic E-state index is 5.55. The van der Waals surface area contributed by atoms with Gasteiger partial charge in [0.25, 0.3) is 0 Å². The van der Waals surface area contributed by atoms with Crippen LogP contribution in [0.3, 0.4) is 0 Å². The lowest BCUT2D eigenvalue weighted by molar-refractivity contribution is 1.02. The minimum Gasteiger partial charge on any atom is -0.309 e. The van der Waals surface area contributed by atoms with E-state index >= 15 is 0 Å². The Morgan fingerprint density at radius 1 is 0.361 bits per heavy atom. The summed E-state index contributed by atoms with van der Waals surface area (Å²) >= 11 is 1.81. The Morgan fingerprint density at radius 2 is 0.951 bits per heavy atom. The first-order chi connectivity index (χ1) is 30.2. The molecule has 0 N–H and O–H groups in total. The molecule has 0 radical (unpaired) electrons. The quantitative estimate of drug-likeness (QED) is 0.174. The van der Waals surface area contributed by atoms with Gasteiger partial charge < -0.3 is 4.57 Å². The van der Waals surface area contributed by atoms with Gasteiger partial charge in [0.05, 0.1) is 33.3 Å². The van der Waals surface area contributed by atoms with E-state index in [1.54, 1.807) is 0 Å². The summed E-state index contributed by atoms with van der Waals surface area (Å²) in [4.78, 5) is 12.2. The second-order valence-electron chi connectivity index (χ2n) is 15.8. The van der Waals surface area contributed by atoms with Crippen molar-refractivity contribution in [1.29, 1.82) is 0 Å². The lowest BCUT2D eigenvalue weighted by atomic mass is 10.00. The van der Waals surface area contributed by atoms with Crippen molar-refractivity contribution in [3.63, 3.8) is 0 Å². The Kier molecular flexibility index (Phi) is 7.44. The van der Waals surface area contributed by atoms with Gasteiger partial charge in [0.15, 0.2) is 0 Å². The van der Waals surface area contributed by atoms with E-state index < -0.39 is 0 Å². The van der Waals surface area contributed by atoms with Crippen molar-refractivity contribution in [1.82, 2.24) is 19.1 Å². The summed E-state index contributed by atoms with van der Waals surface area (Å²) in [6.45, 7) is 0. The number of fused-ring (bicyclic) bond motifs is 10. The third kappa shape index (κ3) is 5.31. The van der Waals surface area contributed by atoms with Crippen LogP contribution in [0, 0.1) is 0 Å². The number of hydrogen-bond acceptors (Lipinski definition) is 3. The van der Waals surface area contributed by atoms with Crippen molar-refractivity contribution in [2.24, 2.45) is 0 Å². The van der Waals surface area contributed by atoms with Crippen LogP contribution in [0.5, 0.6) is 0 Å². The first-order valence-electron chi connectivity index (χ1n) is 20.6. The Balaban J connectivity index is 1.05. The van der Waals surface area contributed by atoms with E-state index in [1.807, 2.05) is 11.3 Å². The molecule has 0 aliphatic rings. The molecule has 284 valence electrons. The van der Waals surface area contributed by atoms with Crippen molar-refractivity contribution >= 4 is 86.7 Å². The maximum atomic E-state index is 5.55. The SMILES string of the molecule is c1ccc(-c2cc3ccc4nc(-n5c6ccc(-c7ccc8c(c7)c7ccccc7n8-c7ccccc7)cc6c6cc7ccccc7cc65)nc(-c5ccccc5)c4c3s2)cc1. The highest BCUT2D eigenvalue weighted by molar-refractivity contribution is 7.23. The monoisotopic (exact) mass is 794 g/mol. The Bertz CT molecular complexity index is 3860. The molecule has 4 heterocycles. The summed E-state index contributed by atoms with van der Waals surface area (Å²) in [5.41, 5.74) is 12.2. The number of para-hydroxylation sites is 2. The predicted molar refractivity (Wildman–Crippen MR) is 257 cm³/mol. The van der Waals surface area contributed by atoms with Crippen LogP contribution in [-0.4, -0.2) is 19.1 Å². The molecule has 0 bridgehead atoms. The minimum absolute atomic E-state index is 0.656. The average Bonchev–Trinajstić information content (AvgIpc) is 4.01. The fourth-order valence-electron chi connectivity index (χ4n) is 9.46. The van der Waals surface area contributed by atoms with E-state index in [0.29, 0.717) is 5.95 Å². The molecule has 13 aromatic rings. The average molecular weight is 795 g/mol. The number of nitrogens with zero attached hydrogens (tertiary/aromatic N) is 4. The van der Waals surface area contributed by atoms with Crippen LogP contribution in [0.4, 0.5) is 0 Å². The third-order valence-corrected chi connectivity index (χ3v) is 13.5. The van der Waals surface area contributed by atoms with Crippen molar-refractivity contribution in [3.8, 4) is 44.5 Å². The van der Waals surface area contributed by atoms with E-state index in [0.717, 1.165) is 49.8 Å². The molecule has 13 rings (SSSR count). The summed E-state index contributed by atoms with van der Waals surface area (Å²) in [5, 5.41) is 9.47. The molecule has 0 aliphatic carbocycles. The molecule has 0 fully saturated rings. The fourth-order valence-corrected chi connectivity index (χ4v) is 10.7. The van der Waals surface area contributed by atoms with Crippen molar-refractivity contribution in [3.05, 3.63) is 206 Å². The topological polar surface area (TPSA) is 35.6 Å². The van der Waals surface area contributed by atoms with Gasteiger partial charge >= 0.3 is 0 Å². The van der Waals surface area contributed by atoms with E-state index in [4.69, 9.17) is 9.97 Å². The molecular weight excluding hydrogens is 761 g/mol. The number of thiophene rings is 1. The number of hydrogen-bond donors (Lipinski definition) is 0. The first-order valence-corrected chi connectivity index (χ1v) is 21.5. The Morgan fingerprint density at radius 3 is 1.70 bits per heavy atom. The van der Waals surface area contributed by atoms with Crippen molar-refractivity contribution < 1.29 is 0 Å². The normalized spacial score (nSPS) is 11.9. The summed E-state index contributed by atoms with van der Waals surface area (Å²) in [6, 6.07) is 74.3. The molecule has 4 nitrogen and oxygen atoms in total. The summed E-state index contributed by atoms with van der Waals surface area (Å²) in [7, 11) is 0. The van der Waals surface area contributed by atoms with Crippen LogP contribution in [0.1, 0.15) is 0 Å². The summed E-state index contributed by atoms with van der Waals surface area (Å²) in [5.74, 6) is 0.656. The van der Waals surface area contributed by atoms with Crippen molar-refractivity contribution in [2.75, 3.05) is 0 Å².